The van der Waals surface area contributed by atoms with Crippen LogP contribution in [0.15, 0.2) is 48.5 Å². The summed E-state index contributed by atoms with van der Waals surface area (Å²) in [5, 5.41) is 3.15. The van der Waals surface area contributed by atoms with Crippen molar-refractivity contribution in [3.63, 3.8) is 0 Å². The van der Waals surface area contributed by atoms with Crippen LogP contribution in [-0.4, -0.2) is 13.6 Å². The summed E-state index contributed by atoms with van der Waals surface area (Å²) in [6.45, 7) is 3.15. The molecule has 2 aromatic carbocycles. The van der Waals surface area contributed by atoms with Crippen LogP contribution >= 0.6 is 0 Å². The average molecular weight is 255 g/mol. The minimum atomic E-state index is 0.887. The van der Waals surface area contributed by atoms with Gasteiger partial charge >= 0.3 is 0 Å². The van der Waals surface area contributed by atoms with Gasteiger partial charge in [0.1, 0.15) is 11.5 Å². The van der Waals surface area contributed by atoms with Gasteiger partial charge in [0, 0.05) is 0 Å². The zero-order valence-corrected chi connectivity index (χ0v) is 11.6. The quantitative estimate of drug-likeness (QED) is 0.847. The van der Waals surface area contributed by atoms with Crippen molar-refractivity contribution in [2.75, 3.05) is 13.6 Å². The lowest BCUT2D eigenvalue weighted by Crippen LogP contribution is -2.10. The third-order valence-corrected chi connectivity index (χ3v) is 3.15. The SMILES string of the molecule is CCc1ccc(Oc2ccc(CCNC)cc2)cc1. The van der Waals surface area contributed by atoms with Gasteiger partial charge < -0.3 is 10.1 Å². The molecule has 1 N–H and O–H groups in total. The number of rotatable bonds is 6. The van der Waals surface area contributed by atoms with Gasteiger partial charge in [-0.1, -0.05) is 31.2 Å². The Hall–Kier alpha value is -1.80. The molecule has 0 unspecified atom stereocenters. The zero-order valence-electron chi connectivity index (χ0n) is 11.6. The molecule has 0 aliphatic carbocycles. The maximum Gasteiger partial charge on any atom is 0.127 e. The molecular formula is C17H21NO. The number of aryl methyl sites for hydroxylation is 1. The van der Waals surface area contributed by atoms with Gasteiger partial charge in [0.25, 0.3) is 0 Å². The fraction of sp³-hybridized carbons (Fsp3) is 0.294. The van der Waals surface area contributed by atoms with Crippen LogP contribution in [0.2, 0.25) is 0 Å². The Balaban J connectivity index is 1.98. The summed E-state index contributed by atoms with van der Waals surface area (Å²) in [6, 6.07) is 16.5. The second-order valence-corrected chi connectivity index (χ2v) is 4.60. The maximum atomic E-state index is 5.82. The highest BCUT2D eigenvalue weighted by Gasteiger charge is 1.98. The number of benzene rings is 2. The first-order valence-electron chi connectivity index (χ1n) is 6.82. The van der Waals surface area contributed by atoms with Crippen LogP contribution in [0.25, 0.3) is 0 Å². The lowest BCUT2D eigenvalue weighted by Gasteiger charge is -2.07. The first-order valence-corrected chi connectivity index (χ1v) is 6.82. The highest BCUT2D eigenvalue weighted by atomic mass is 16.5. The molecule has 0 fully saturated rings. The molecule has 0 aliphatic heterocycles. The van der Waals surface area contributed by atoms with E-state index in [1.54, 1.807) is 0 Å². The Morgan fingerprint density at radius 2 is 1.37 bits per heavy atom. The average Bonchev–Trinajstić information content (AvgIpc) is 2.47. The smallest absolute Gasteiger partial charge is 0.127 e. The molecule has 0 atom stereocenters. The number of likely N-dealkylation sites (N-methyl/N-ethyl adjacent to an activating group) is 1. The van der Waals surface area contributed by atoms with Crippen LogP contribution in [0, 0.1) is 0 Å². The molecule has 0 bridgehead atoms. The molecule has 0 spiro atoms. The minimum absolute atomic E-state index is 0.887. The normalized spacial score (nSPS) is 10.4. The van der Waals surface area contributed by atoms with Gasteiger partial charge in [-0.25, -0.2) is 0 Å². The Labute approximate surface area is 115 Å². The van der Waals surface area contributed by atoms with E-state index in [2.05, 4.69) is 36.5 Å². The number of hydrogen-bond donors (Lipinski definition) is 1. The monoisotopic (exact) mass is 255 g/mol. The van der Waals surface area contributed by atoms with E-state index in [4.69, 9.17) is 4.74 Å². The first kappa shape index (κ1) is 13.6. The highest BCUT2D eigenvalue weighted by Crippen LogP contribution is 2.22. The third kappa shape index (κ3) is 4.11. The van der Waals surface area contributed by atoms with Crippen molar-refractivity contribution >= 4 is 0 Å². The molecule has 0 aliphatic rings. The molecule has 0 saturated carbocycles. The Bertz CT molecular complexity index is 488. The standard InChI is InChI=1S/C17H21NO/c1-3-14-4-8-16(9-5-14)19-17-10-6-15(7-11-17)12-13-18-2/h4-11,18H,3,12-13H2,1-2H3. The molecule has 0 amide bonds. The van der Waals surface area contributed by atoms with Crippen molar-refractivity contribution in [2.24, 2.45) is 0 Å². The summed E-state index contributed by atoms with van der Waals surface area (Å²) in [5.41, 5.74) is 2.65. The van der Waals surface area contributed by atoms with Crippen molar-refractivity contribution in [2.45, 2.75) is 19.8 Å². The predicted molar refractivity (Wildman–Crippen MR) is 80.0 cm³/mol. The van der Waals surface area contributed by atoms with Crippen molar-refractivity contribution in [1.82, 2.24) is 5.32 Å². The van der Waals surface area contributed by atoms with E-state index < -0.39 is 0 Å². The van der Waals surface area contributed by atoms with Crippen LogP contribution < -0.4 is 10.1 Å². The Morgan fingerprint density at radius 3 is 1.84 bits per heavy atom. The van der Waals surface area contributed by atoms with Gasteiger partial charge in [0.05, 0.1) is 0 Å². The summed E-state index contributed by atoms with van der Waals surface area (Å²) in [7, 11) is 1.97. The van der Waals surface area contributed by atoms with Crippen LogP contribution in [0.5, 0.6) is 11.5 Å². The number of ether oxygens (including phenoxy) is 1. The summed E-state index contributed by atoms with van der Waals surface area (Å²) in [6.07, 6.45) is 2.10. The summed E-state index contributed by atoms with van der Waals surface area (Å²) >= 11 is 0. The van der Waals surface area contributed by atoms with E-state index >= 15 is 0 Å². The molecular weight excluding hydrogens is 234 g/mol. The first-order chi connectivity index (χ1) is 9.31. The third-order valence-electron chi connectivity index (χ3n) is 3.15. The van der Waals surface area contributed by atoms with Gasteiger partial charge in [0.2, 0.25) is 0 Å². The lowest BCUT2D eigenvalue weighted by atomic mass is 10.1. The van der Waals surface area contributed by atoms with Gasteiger partial charge in [-0.05, 0) is 61.8 Å². The van der Waals surface area contributed by atoms with Crippen molar-refractivity contribution in [3.05, 3.63) is 59.7 Å². The molecule has 2 aromatic rings. The van der Waals surface area contributed by atoms with Crippen LogP contribution in [-0.2, 0) is 12.8 Å². The summed E-state index contributed by atoms with van der Waals surface area (Å²) in [5.74, 6) is 1.78. The van der Waals surface area contributed by atoms with Crippen molar-refractivity contribution < 1.29 is 4.74 Å². The van der Waals surface area contributed by atoms with E-state index in [9.17, 15) is 0 Å². The van der Waals surface area contributed by atoms with E-state index in [1.807, 2.05) is 31.3 Å². The van der Waals surface area contributed by atoms with Crippen LogP contribution in [0.1, 0.15) is 18.1 Å². The molecule has 19 heavy (non-hydrogen) atoms. The van der Waals surface area contributed by atoms with E-state index in [0.717, 1.165) is 30.9 Å². The molecule has 0 heterocycles. The number of hydrogen-bond acceptors (Lipinski definition) is 2. The second-order valence-electron chi connectivity index (χ2n) is 4.60. The fourth-order valence-electron chi connectivity index (χ4n) is 1.92. The molecule has 100 valence electrons. The Morgan fingerprint density at radius 1 is 0.842 bits per heavy atom. The topological polar surface area (TPSA) is 21.3 Å². The minimum Gasteiger partial charge on any atom is -0.457 e. The number of nitrogens with one attached hydrogen (secondary N) is 1. The van der Waals surface area contributed by atoms with Crippen LogP contribution in [0.3, 0.4) is 0 Å². The summed E-state index contributed by atoms with van der Waals surface area (Å²) < 4.78 is 5.82. The lowest BCUT2D eigenvalue weighted by molar-refractivity contribution is 0.482. The predicted octanol–water partition coefficient (Wildman–Crippen LogP) is 3.80. The van der Waals surface area contributed by atoms with Crippen molar-refractivity contribution in [3.8, 4) is 11.5 Å². The van der Waals surface area contributed by atoms with Gasteiger partial charge in [-0.2, -0.15) is 0 Å². The Kier molecular flexibility index (Phi) is 4.99. The molecule has 0 aromatic heterocycles. The van der Waals surface area contributed by atoms with Gasteiger partial charge in [0.15, 0.2) is 0 Å². The molecule has 2 heteroatoms. The summed E-state index contributed by atoms with van der Waals surface area (Å²) in [4.78, 5) is 0. The van der Waals surface area contributed by atoms with Crippen LogP contribution in [0.4, 0.5) is 0 Å². The largest absolute Gasteiger partial charge is 0.457 e. The van der Waals surface area contributed by atoms with Gasteiger partial charge in [-0.3, -0.25) is 0 Å². The zero-order chi connectivity index (χ0) is 13.5. The molecule has 2 rings (SSSR count). The fourth-order valence-corrected chi connectivity index (χ4v) is 1.92. The second kappa shape index (κ2) is 6.95. The highest BCUT2D eigenvalue weighted by molar-refractivity contribution is 5.34. The van der Waals surface area contributed by atoms with Gasteiger partial charge in [-0.15, -0.1) is 0 Å². The molecule has 0 radical (unpaired) electrons. The molecule has 0 saturated heterocycles. The van der Waals surface area contributed by atoms with E-state index in [0.29, 0.717) is 0 Å². The van der Waals surface area contributed by atoms with Crippen molar-refractivity contribution in [1.29, 1.82) is 0 Å². The molecule has 2 nitrogen and oxygen atoms in total. The van der Waals surface area contributed by atoms with E-state index in [-0.39, 0.29) is 0 Å². The maximum absolute atomic E-state index is 5.82. The van der Waals surface area contributed by atoms with E-state index in [1.165, 1.54) is 11.1 Å².